The predicted octanol–water partition coefficient (Wildman–Crippen LogP) is 5.45. The van der Waals surface area contributed by atoms with Crippen molar-refractivity contribution in [3.05, 3.63) is 34.9 Å². The van der Waals surface area contributed by atoms with E-state index in [0.29, 0.717) is 0 Å². The van der Waals surface area contributed by atoms with Crippen LogP contribution in [0.4, 0.5) is 5.69 Å². The highest BCUT2D eigenvalue weighted by Crippen LogP contribution is 2.36. The van der Waals surface area contributed by atoms with Gasteiger partial charge in [-0.15, -0.1) is 11.3 Å². The number of nitrogens with zero attached hydrogens (tertiary/aromatic N) is 3. The molecule has 0 radical (unpaired) electrons. The Labute approximate surface area is 154 Å². The number of fused-ring (bicyclic) bond motifs is 3. The van der Waals surface area contributed by atoms with Crippen LogP contribution in [0.2, 0.25) is 0 Å². The zero-order valence-corrected chi connectivity index (χ0v) is 17.0. The van der Waals surface area contributed by atoms with E-state index in [4.69, 9.17) is 0 Å². The van der Waals surface area contributed by atoms with Gasteiger partial charge < -0.3 is 4.90 Å². The van der Waals surface area contributed by atoms with Crippen LogP contribution in [0.25, 0.3) is 20.3 Å². The average Bonchev–Trinajstić information content (AvgIpc) is 3.01. The van der Waals surface area contributed by atoms with Gasteiger partial charge in [-0.25, -0.2) is 4.98 Å². The van der Waals surface area contributed by atoms with Gasteiger partial charge in [-0.2, -0.15) is 0 Å². The zero-order valence-electron chi connectivity index (χ0n) is 16.2. The predicted molar refractivity (Wildman–Crippen MR) is 111 cm³/mol. The molecule has 2 aromatic heterocycles. The Bertz CT molecular complexity index is 893. The van der Waals surface area contributed by atoms with Gasteiger partial charge in [0.15, 0.2) is 0 Å². The Kier molecular flexibility index (Phi) is 6.59. The first kappa shape index (κ1) is 19.4. The molecule has 1 unspecified atom stereocenters. The van der Waals surface area contributed by atoms with Crippen LogP contribution in [0, 0.1) is 0 Å². The lowest BCUT2D eigenvalue weighted by atomic mass is 10.2. The molecule has 4 nitrogen and oxygen atoms in total. The van der Waals surface area contributed by atoms with Gasteiger partial charge in [0, 0.05) is 35.9 Å². The molecule has 0 saturated carbocycles. The van der Waals surface area contributed by atoms with Crippen molar-refractivity contribution in [3.63, 3.8) is 0 Å². The number of thiophene rings is 1. The minimum absolute atomic E-state index is 0.0697. The second-order valence-electron chi connectivity index (χ2n) is 6.54. The van der Waals surface area contributed by atoms with Gasteiger partial charge in [-0.3, -0.25) is 9.36 Å². The van der Waals surface area contributed by atoms with Gasteiger partial charge in [0.05, 0.1) is 11.8 Å². The summed E-state index contributed by atoms with van der Waals surface area (Å²) in [7, 11) is 4.03. The molecule has 25 heavy (non-hydrogen) atoms. The molecule has 0 spiro atoms. The lowest BCUT2D eigenvalue weighted by Gasteiger charge is -2.14. The van der Waals surface area contributed by atoms with Crippen molar-refractivity contribution in [2.75, 3.05) is 19.0 Å². The minimum Gasteiger partial charge on any atom is -0.377 e. The normalized spacial score (nSPS) is 12.1. The second kappa shape index (κ2) is 8.48. The van der Waals surface area contributed by atoms with Crippen LogP contribution >= 0.6 is 11.3 Å². The number of benzene rings is 1. The fraction of sp³-hybridized carbons (Fsp3) is 0.500. The first-order valence-corrected chi connectivity index (χ1v) is 9.87. The lowest BCUT2D eigenvalue weighted by molar-refractivity contribution is 0.511. The third kappa shape index (κ3) is 3.87. The zero-order chi connectivity index (χ0) is 18.6. The van der Waals surface area contributed by atoms with E-state index in [9.17, 15) is 4.79 Å². The van der Waals surface area contributed by atoms with Crippen molar-refractivity contribution < 1.29 is 0 Å². The van der Waals surface area contributed by atoms with Gasteiger partial charge >= 0.3 is 0 Å². The first-order chi connectivity index (χ1) is 12.0. The van der Waals surface area contributed by atoms with Crippen molar-refractivity contribution in [1.82, 2.24) is 9.55 Å². The van der Waals surface area contributed by atoms with Crippen LogP contribution in [0.3, 0.4) is 0 Å². The van der Waals surface area contributed by atoms with E-state index in [0.717, 1.165) is 32.4 Å². The summed E-state index contributed by atoms with van der Waals surface area (Å²) in [5, 5.41) is 1.08. The topological polar surface area (TPSA) is 38.1 Å². The number of rotatable bonds is 4. The average molecular weight is 360 g/mol. The molecule has 3 rings (SSSR count). The van der Waals surface area contributed by atoms with Crippen molar-refractivity contribution in [2.45, 2.75) is 53.0 Å². The van der Waals surface area contributed by atoms with Gasteiger partial charge in [0.1, 0.15) is 4.70 Å². The maximum Gasteiger partial charge on any atom is 0.271 e. The lowest BCUT2D eigenvalue weighted by Crippen LogP contribution is -2.22. The van der Waals surface area contributed by atoms with Crippen molar-refractivity contribution in [2.24, 2.45) is 0 Å². The van der Waals surface area contributed by atoms with E-state index in [1.54, 1.807) is 10.9 Å². The SMILES string of the molecule is CCC(C)n1cnc2c(sc3cccc(N(C)C)c32)c1=O.CCCC. The minimum atomic E-state index is 0.0697. The molecule has 0 saturated heterocycles. The Morgan fingerprint density at radius 3 is 2.44 bits per heavy atom. The van der Waals surface area contributed by atoms with E-state index in [1.165, 1.54) is 24.2 Å². The van der Waals surface area contributed by atoms with E-state index < -0.39 is 0 Å². The molecule has 0 aliphatic rings. The van der Waals surface area contributed by atoms with E-state index in [2.05, 4.69) is 42.8 Å². The molecule has 2 heterocycles. The summed E-state index contributed by atoms with van der Waals surface area (Å²) in [6.45, 7) is 8.49. The molecular formula is C20H29N3OS. The monoisotopic (exact) mass is 359 g/mol. The Morgan fingerprint density at radius 1 is 1.20 bits per heavy atom. The largest absolute Gasteiger partial charge is 0.377 e. The molecular weight excluding hydrogens is 330 g/mol. The Balaban J connectivity index is 0.000000511. The number of aromatic nitrogens is 2. The van der Waals surface area contributed by atoms with Gasteiger partial charge in [-0.1, -0.05) is 39.7 Å². The molecule has 136 valence electrons. The number of anilines is 1. The van der Waals surface area contributed by atoms with Gasteiger partial charge in [0.2, 0.25) is 0 Å². The summed E-state index contributed by atoms with van der Waals surface area (Å²) in [6, 6.07) is 6.33. The highest BCUT2D eigenvalue weighted by atomic mass is 32.1. The summed E-state index contributed by atoms with van der Waals surface area (Å²) in [5.74, 6) is 0. The fourth-order valence-electron chi connectivity index (χ4n) is 2.56. The van der Waals surface area contributed by atoms with E-state index in [1.807, 2.05) is 27.1 Å². The van der Waals surface area contributed by atoms with Gasteiger partial charge in [0.25, 0.3) is 5.56 Å². The smallest absolute Gasteiger partial charge is 0.271 e. The molecule has 0 N–H and O–H groups in total. The Morgan fingerprint density at radius 2 is 1.88 bits per heavy atom. The van der Waals surface area contributed by atoms with Crippen LogP contribution in [-0.2, 0) is 0 Å². The summed E-state index contributed by atoms with van der Waals surface area (Å²) in [5.41, 5.74) is 2.00. The maximum absolute atomic E-state index is 12.7. The highest BCUT2D eigenvalue weighted by molar-refractivity contribution is 7.25. The molecule has 0 fully saturated rings. The molecule has 1 aromatic carbocycles. The second-order valence-corrected chi connectivity index (χ2v) is 7.59. The van der Waals surface area contributed by atoms with Crippen molar-refractivity contribution >= 4 is 37.3 Å². The van der Waals surface area contributed by atoms with Crippen molar-refractivity contribution in [3.8, 4) is 0 Å². The van der Waals surface area contributed by atoms with Crippen LogP contribution in [0.1, 0.15) is 53.0 Å². The third-order valence-corrected chi connectivity index (χ3v) is 5.59. The van der Waals surface area contributed by atoms with Crippen molar-refractivity contribution in [1.29, 1.82) is 0 Å². The Hall–Kier alpha value is -1.88. The molecule has 3 aromatic rings. The quantitative estimate of drug-likeness (QED) is 0.621. The molecule has 0 aliphatic carbocycles. The standard InChI is InChI=1S/C16H19N3OS.C4H10/c1-5-10(2)19-9-17-14-13-11(18(3)4)7-6-8-12(13)21-15(14)16(19)20;1-3-4-2/h6-10H,5H2,1-4H3;3-4H2,1-2H3. The van der Waals surface area contributed by atoms with Crippen LogP contribution in [0.15, 0.2) is 29.3 Å². The van der Waals surface area contributed by atoms with E-state index >= 15 is 0 Å². The van der Waals surface area contributed by atoms with Crippen LogP contribution < -0.4 is 10.5 Å². The molecule has 0 bridgehead atoms. The third-order valence-electron chi connectivity index (χ3n) is 4.46. The highest BCUT2D eigenvalue weighted by Gasteiger charge is 2.16. The molecule has 0 aliphatic heterocycles. The summed E-state index contributed by atoms with van der Waals surface area (Å²) >= 11 is 1.54. The maximum atomic E-state index is 12.7. The van der Waals surface area contributed by atoms with Crippen LogP contribution in [0.5, 0.6) is 0 Å². The number of unbranched alkanes of at least 4 members (excludes halogenated alkanes) is 1. The van der Waals surface area contributed by atoms with Gasteiger partial charge in [-0.05, 0) is 25.5 Å². The van der Waals surface area contributed by atoms with E-state index in [-0.39, 0.29) is 11.6 Å². The summed E-state index contributed by atoms with van der Waals surface area (Å²) in [6.07, 6.45) is 5.25. The molecule has 5 heteroatoms. The van der Waals surface area contributed by atoms with Crippen LogP contribution in [-0.4, -0.2) is 23.6 Å². The number of hydrogen-bond acceptors (Lipinski definition) is 4. The molecule has 1 atom stereocenters. The number of hydrogen-bond donors (Lipinski definition) is 0. The summed E-state index contributed by atoms with van der Waals surface area (Å²) < 4.78 is 3.61. The summed E-state index contributed by atoms with van der Waals surface area (Å²) in [4.78, 5) is 19.4. The fourth-order valence-corrected chi connectivity index (χ4v) is 3.67. The first-order valence-electron chi connectivity index (χ1n) is 9.05. The molecule has 0 amide bonds.